The number of carbonyl (C=O) groups excluding carboxylic acids is 2. The van der Waals surface area contributed by atoms with Crippen LogP contribution in [-0.2, 0) is 23.2 Å². The third-order valence-corrected chi connectivity index (χ3v) is 14.4. The van der Waals surface area contributed by atoms with Gasteiger partial charge in [0, 0.05) is 88.9 Å². The third kappa shape index (κ3) is 10.1. The fourth-order valence-corrected chi connectivity index (χ4v) is 10.0. The number of piperazine rings is 2. The van der Waals surface area contributed by atoms with E-state index in [-0.39, 0.29) is 63.3 Å². The summed E-state index contributed by atoms with van der Waals surface area (Å²) >= 11 is 0. The smallest absolute Gasteiger partial charge is 0.246 e. The molecular weight excluding hydrogens is 1040 g/mol. The molecule has 81 heavy (non-hydrogen) atoms. The number of nitrogens with zero attached hydrogens (tertiary/aromatic N) is 15. The summed E-state index contributed by atoms with van der Waals surface area (Å²) in [5.74, 6) is 0.169. The van der Waals surface area contributed by atoms with Crippen LogP contribution < -0.4 is 29.9 Å². The van der Waals surface area contributed by atoms with Gasteiger partial charge >= 0.3 is 0 Å². The van der Waals surface area contributed by atoms with E-state index < -0.39 is 17.5 Å². The number of pyridine rings is 1. The average Bonchev–Trinajstić information content (AvgIpc) is 4.12. The van der Waals surface area contributed by atoms with Crippen LogP contribution in [0, 0.1) is 31.3 Å². The fourth-order valence-electron chi connectivity index (χ4n) is 10.0. The zero-order valence-corrected chi connectivity index (χ0v) is 44.0. The maximum atomic E-state index is 16.6. The van der Waals surface area contributed by atoms with Crippen molar-refractivity contribution >= 4 is 90.2 Å². The molecule has 21 nitrogen and oxygen atoms in total. The van der Waals surface area contributed by atoms with Crippen LogP contribution in [-0.4, -0.2) is 129 Å². The third-order valence-electron chi connectivity index (χ3n) is 14.4. The molecule has 7 heterocycles. The largest absolute Gasteiger partial charge is 0.457 e. The molecule has 2 aliphatic rings. The molecule has 24 heteroatoms. The minimum Gasteiger partial charge on any atom is -0.457 e. The van der Waals surface area contributed by atoms with Crippen molar-refractivity contribution in [2.45, 2.75) is 20.4 Å². The Labute approximate surface area is 459 Å². The zero-order chi connectivity index (χ0) is 55.9. The van der Waals surface area contributed by atoms with E-state index in [1.54, 1.807) is 73.5 Å². The Balaban J connectivity index is 0.653. The highest BCUT2D eigenvalue weighted by molar-refractivity contribution is 5.95. The fraction of sp³-hybridized carbons (Fsp3) is 0.211. The molecule has 0 spiro atoms. The maximum absolute atomic E-state index is 16.6. The molecule has 0 saturated carbocycles. The first-order valence-electron chi connectivity index (χ1n) is 25.9. The summed E-state index contributed by atoms with van der Waals surface area (Å²) in [6, 6.07) is 22.9. The van der Waals surface area contributed by atoms with E-state index in [2.05, 4.69) is 62.8 Å². The van der Waals surface area contributed by atoms with Crippen molar-refractivity contribution in [3.05, 3.63) is 151 Å². The molecule has 408 valence electrons. The van der Waals surface area contributed by atoms with Crippen LogP contribution in [0.4, 0.5) is 47.7 Å². The molecule has 0 bridgehead atoms. The van der Waals surface area contributed by atoms with Gasteiger partial charge in [0.1, 0.15) is 58.3 Å². The van der Waals surface area contributed by atoms with Crippen molar-refractivity contribution in [1.29, 1.82) is 0 Å². The second-order valence-corrected chi connectivity index (χ2v) is 19.4. The lowest BCUT2D eigenvalue weighted by Crippen LogP contribution is -2.48. The van der Waals surface area contributed by atoms with Crippen LogP contribution in [0.15, 0.2) is 123 Å². The molecule has 0 unspecified atom stereocenters. The number of aryl methyl sites for hydroxylation is 2. The quantitative estimate of drug-likeness (QED) is 0.0973. The van der Waals surface area contributed by atoms with Gasteiger partial charge in [0.05, 0.1) is 57.0 Å². The van der Waals surface area contributed by atoms with Gasteiger partial charge in [0.15, 0.2) is 23.3 Å². The highest BCUT2D eigenvalue weighted by atomic mass is 19.1. The van der Waals surface area contributed by atoms with Crippen molar-refractivity contribution in [2.75, 3.05) is 72.8 Å². The van der Waals surface area contributed by atoms with E-state index in [1.807, 2.05) is 55.3 Å². The number of allylic oxidation sites excluding steroid dienone is 1. The standard InChI is InChI=1S/C57H50F3N17O4/c1-5-48(78)74-23-25-76(26-24-74)57-54(60)51-42(30-61-57)63-32-65-56(51)67-39-12-17-47(34(3)52(39)58)81-37-10-14-44-41(29-37)69-71-77(44)18-6-7-49(79)75-21-19-73(20-22-75)45-15-11-38-50(53(45)59)55(64-31-62-38)66-35-8-16-46(33(2)27-35)80-36-9-13-43-40(28-36)68-70-72(43)4/h5-17,27-32H,1,18-26H2,2-4H3,(H,62,64,66)(H,63,65,67)/b7-6+. The zero-order valence-electron chi connectivity index (χ0n) is 44.0. The van der Waals surface area contributed by atoms with Gasteiger partial charge in [-0.2, -0.15) is 0 Å². The van der Waals surface area contributed by atoms with Crippen molar-refractivity contribution < 1.29 is 32.2 Å². The Bertz CT molecular complexity index is 4160. The number of fused-ring (bicyclic) bond motifs is 4. The number of amides is 2. The lowest BCUT2D eigenvalue weighted by atomic mass is 10.1. The number of carbonyl (C=O) groups is 2. The molecule has 0 radical (unpaired) electrons. The summed E-state index contributed by atoms with van der Waals surface area (Å²) in [5.41, 5.74) is 5.61. The van der Waals surface area contributed by atoms with E-state index in [0.717, 1.165) is 16.6 Å². The van der Waals surface area contributed by atoms with Crippen LogP contribution in [0.2, 0.25) is 0 Å². The van der Waals surface area contributed by atoms with Crippen molar-refractivity contribution in [2.24, 2.45) is 7.05 Å². The number of rotatable bonds is 14. The first-order valence-corrected chi connectivity index (χ1v) is 25.9. The van der Waals surface area contributed by atoms with Crippen LogP contribution >= 0.6 is 0 Å². The SMILES string of the molecule is C=CC(=O)N1CCN(c2ncc3ncnc(Nc4ccc(Oc5ccc6c(c5)nnn6C/C=C/C(=O)N5CCN(c6ccc7ncnc(Nc8ccc(Oc9ccc%10c(c9)nnn%10C)c(C)c8)c7c6F)CC5)c(C)c4F)c3c2F)CC1. The minimum absolute atomic E-state index is 0.0356. The van der Waals surface area contributed by atoms with Crippen molar-refractivity contribution in [1.82, 2.24) is 64.7 Å². The molecule has 2 amide bonds. The number of benzene rings is 5. The summed E-state index contributed by atoms with van der Waals surface area (Å²) < 4.78 is 64.5. The van der Waals surface area contributed by atoms with Crippen molar-refractivity contribution in [3.63, 3.8) is 0 Å². The molecule has 2 saturated heterocycles. The van der Waals surface area contributed by atoms with Gasteiger partial charge in [-0.05, 0) is 92.2 Å². The van der Waals surface area contributed by atoms with E-state index >= 15 is 13.2 Å². The molecule has 2 fully saturated rings. The highest BCUT2D eigenvalue weighted by Crippen LogP contribution is 2.37. The van der Waals surface area contributed by atoms with Gasteiger partial charge in [-0.1, -0.05) is 23.1 Å². The lowest BCUT2D eigenvalue weighted by molar-refractivity contribution is -0.127. The molecule has 2 aliphatic heterocycles. The lowest BCUT2D eigenvalue weighted by Gasteiger charge is -2.36. The molecular formula is C57H50F3N17O4. The molecule has 12 rings (SSSR count). The predicted molar refractivity (Wildman–Crippen MR) is 299 cm³/mol. The Morgan fingerprint density at radius 1 is 0.630 bits per heavy atom. The summed E-state index contributed by atoms with van der Waals surface area (Å²) in [6.45, 7) is 10.3. The van der Waals surface area contributed by atoms with E-state index in [9.17, 15) is 9.59 Å². The number of hydrogen-bond acceptors (Lipinski definition) is 17. The molecule has 2 N–H and O–H groups in total. The summed E-state index contributed by atoms with van der Waals surface area (Å²) in [6.07, 6.45) is 8.53. The molecule has 5 aromatic carbocycles. The Kier molecular flexibility index (Phi) is 13.7. The molecule has 5 aromatic heterocycles. The topological polar surface area (TPSA) is 215 Å². The van der Waals surface area contributed by atoms with Gasteiger partial charge in [0.2, 0.25) is 11.8 Å². The highest BCUT2D eigenvalue weighted by Gasteiger charge is 2.27. The average molecular weight is 1090 g/mol. The predicted octanol–water partition coefficient (Wildman–Crippen LogP) is 8.84. The Morgan fingerprint density at radius 3 is 2.01 bits per heavy atom. The van der Waals surface area contributed by atoms with Gasteiger partial charge in [-0.3, -0.25) is 9.59 Å². The number of ether oxygens (including phenoxy) is 2. The first kappa shape index (κ1) is 51.5. The van der Waals surface area contributed by atoms with Crippen LogP contribution in [0.25, 0.3) is 43.9 Å². The first-order chi connectivity index (χ1) is 39.4. The van der Waals surface area contributed by atoms with Crippen LogP contribution in [0.1, 0.15) is 11.1 Å². The number of aromatic nitrogens is 11. The summed E-state index contributed by atoms with van der Waals surface area (Å²) in [5, 5.41) is 23.3. The Morgan fingerprint density at radius 2 is 1.27 bits per heavy atom. The van der Waals surface area contributed by atoms with Gasteiger partial charge in [-0.25, -0.2) is 47.5 Å². The molecule has 0 aliphatic carbocycles. The van der Waals surface area contributed by atoms with Crippen LogP contribution in [0.3, 0.4) is 0 Å². The summed E-state index contributed by atoms with van der Waals surface area (Å²) in [4.78, 5) is 54.0. The Hall–Kier alpha value is -10.3. The minimum atomic E-state index is -0.672. The molecule has 0 atom stereocenters. The normalized spacial score (nSPS) is 14.0. The second-order valence-electron chi connectivity index (χ2n) is 19.4. The van der Waals surface area contributed by atoms with E-state index in [4.69, 9.17) is 9.47 Å². The maximum Gasteiger partial charge on any atom is 0.246 e. The number of halogens is 3. The van der Waals surface area contributed by atoms with Gasteiger partial charge < -0.3 is 39.7 Å². The second kappa shape index (κ2) is 21.5. The molecule has 10 aromatic rings. The van der Waals surface area contributed by atoms with E-state index in [1.165, 1.54) is 37.1 Å². The number of hydrogen-bond donors (Lipinski definition) is 2. The number of nitrogens with one attached hydrogen (secondary N) is 2. The van der Waals surface area contributed by atoms with E-state index in [0.29, 0.717) is 103 Å². The van der Waals surface area contributed by atoms with Gasteiger partial charge in [-0.15, -0.1) is 10.2 Å². The van der Waals surface area contributed by atoms with Gasteiger partial charge in [0.25, 0.3) is 0 Å². The van der Waals surface area contributed by atoms with Crippen molar-refractivity contribution in [3.8, 4) is 23.0 Å². The monoisotopic (exact) mass is 1090 g/mol. The number of anilines is 6. The summed E-state index contributed by atoms with van der Waals surface area (Å²) in [7, 11) is 1.83. The van der Waals surface area contributed by atoms with Crippen LogP contribution in [0.5, 0.6) is 23.0 Å².